The quantitative estimate of drug-likeness (QED) is 0.172. The van der Waals surface area contributed by atoms with Gasteiger partial charge in [0.15, 0.2) is 0 Å². The lowest BCUT2D eigenvalue weighted by Crippen LogP contribution is -2.10. The smallest absolute Gasteiger partial charge is 0.0542 e. The number of anilines is 2. The van der Waals surface area contributed by atoms with E-state index in [-0.39, 0.29) is 0 Å². The molecule has 0 atom stereocenters. The molecule has 0 N–H and O–H groups in total. The molecule has 0 aliphatic rings. The fraction of sp³-hybridized carbons (Fsp3) is 0.0204. The molecular formula is C49H35N3. The van der Waals surface area contributed by atoms with Crippen LogP contribution < -0.4 is 4.90 Å². The van der Waals surface area contributed by atoms with Gasteiger partial charge in [0.25, 0.3) is 0 Å². The molecule has 246 valence electrons. The summed E-state index contributed by atoms with van der Waals surface area (Å²) >= 11 is 0. The molecule has 0 saturated carbocycles. The molecule has 0 radical (unpaired) electrons. The molecule has 0 aliphatic carbocycles. The lowest BCUT2D eigenvalue weighted by molar-refractivity contribution is 1.17. The van der Waals surface area contributed by atoms with Gasteiger partial charge in [0.1, 0.15) is 0 Å². The predicted octanol–water partition coefficient (Wildman–Crippen LogP) is 13.0. The molecule has 0 unspecified atom stereocenters. The molecule has 8 aromatic carbocycles. The fourth-order valence-electron chi connectivity index (χ4n) is 8.03. The molecule has 2 heterocycles. The third kappa shape index (κ3) is 4.82. The van der Waals surface area contributed by atoms with E-state index in [0.29, 0.717) is 0 Å². The van der Waals surface area contributed by atoms with Crippen molar-refractivity contribution in [1.29, 1.82) is 0 Å². The highest BCUT2D eigenvalue weighted by atomic mass is 15.1. The number of rotatable bonds is 6. The maximum atomic E-state index is 2.43. The maximum absolute atomic E-state index is 2.43. The van der Waals surface area contributed by atoms with Crippen molar-refractivity contribution >= 4 is 55.0 Å². The van der Waals surface area contributed by atoms with Crippen molar-refractivity contribution < 1.29 is 0 Å². The molecular weight excluding hydrogens is 631 g/mol. The number of nitrogens with zero attached hydrogens (tertiary/aromatic N) is 3. The average molecular weight is 666 g/mol. The Labute approximate surface area is 302 Å². The van der Waals surface area contributed by atoms with E-state index in [4.69, 9.17) is 0 Å². The largest absolute Gasteiger partial charge is 0.344 e. The van der Waals surface area contributed by atoms with Gasteiger partial charge >= 0.3 is 0 Å². The second-order valence-corrected chi connectivity index (χ2v) is 13.5. The summed E-state index contributed by atoms with van der Waals surface area (Å²) in [5.74, 6) is 0. The van der Waals surface area contributed by atoms with Gasteiger partial charge in [0, 0.05) is 56.9 Å². The molecule has 0 saturated heterocycles. The number of benzene rings is 8. The number of fused-ring (bicyclic) bond motifs is 6. The first-order chi connectivity index (χ1) is 25.7. The van der Waals surface area contributed by atoms with Crippen molar-refractivity contribution in [3.05, 3.63) is 194 Å². The Morgan fingerprint density at radius 1 is 0.346 bits per heavy atom. The Hall–Kier alpha value is -6.84. The first-order valence-electron chi connectivity index (χ1n) is 17.8. The highest BCUT2D eigenvalue weighted by Crippen LogP contribution is 2.41. The molecule has 0 fully saturated rings. The van der Waals surface area contributed by atoms with Crippen LogP contribution >= 0.6 is 0 Å². The van der Waals surface area contributed by atoms with Crippen LogP contribution in [0.3, 0.4) is 0 Å². The first kappa shape index (κ1) is 30.0. The minimum atomic E-state index is 1.15. The summed E-state index contributed by atoms with van der Waals surface area (Å²) in [5, 5.41) is 4.98. The Morgan fingerprint density at radius 2 is 0.846 bits per heavy atom. The Balaban J connectivity index is 1.14. The molecule has 10 aromatic rings. The van der Waals surface area contributed by atoms with Gasteiger partial charge in [0.2, 0.25) is 0 Å². The van der Waals surface area contributed by atoms with Crippen LogP contribution in [-0.2, 0) is 0 Å². The van der Waals surface area contributed by atoms with E-state index in [1.165, 1.54) is 77.2 Å². The summed E-state index contributed by atoms with van der Waals surface area (Å²) in [6.07, 6.45) is 0. The molecule has 2 aromatic heterocycles. The van der Waals surface area contributed by atoms with E-state index in [1.807, 2.05) is 0 Å². The Bertz CT molecular complexity index is 2900. The van der Waals surface area contributed by atoms with Gasteiger partial charge in [-0.05, 0) is 95.6 Å². The van der Waals surface area contributed by atoms with Crippen LogP contribution in [0.5, 0.6) is 0 Å². The highest BCUT2D eigenvalue weighted by molar-refractivity contribution is 6.13. The average Bonchev–Trinajstić information content (AvgIpc) is 3.73. The van der Waals surface area contributed by atoms with Crippen LogP contribution in [0.2, 0.25) is 0 Å². The third-order valence-corrected chi connectivity index (χ3v) is 10.5. The van der Waals surface area contributed by atoms with Gasteiger partial charge < -0.3 is 14.0 Å². The molecule has 3 nitrogen and oxygen atoms in total. The van der Waals surface area contributed by atoms with Gasteiger partial charge in [-0.15, -0.1) is 0 Å². The fourth-order valence-corrected chi connectivity index (χ4v) is 8.03. The second kappa shape index (κ2) is 12.2. The summed E-state index contributed by atoms with van der Waals surface area (Å²) in [4.78, 5) is 2.27. The van der Waals surface area contributed by atoms with Crippen molar-refractivity contribution in [2.24, 2.45) is 0 Å². The summed E-state index contributed by atoms with van der Waals surface area (Å²) < 4.78 is 4.80. The number of hydrogen-bond donors (Lipinski definition) is 0. The van der Waals surface area contributed by atoms with Crippen molar-refractivity contribution in [2.45, 2.75) is 0 Å². The summed E-state index contributed by atoms with van der Waals surface area (Å²) in [6, 6.07) is 70.2. The van der Waals surface area contributed by atoms with E-state index in [2.05, 4.69) is 215 Å². The zero-order chi connectivity index (χ0) is 34.6. The molecule has 52 heavy (non-hydrogen) atoms. The van der Waals surface area contributed by atoms with Crippen molar-refractivity contribution in [3.63, 3.8) is 0 Å². The van der Waals surface area contributed by atoms with E-state index < -0.39 is 0 Å². The summed E-state index contributed by atoms with van der Waals surface area (Å²) in [5.41, 5.74) is 14.2. The Kier molecular flexibility index (Phi) is 7.04. The lowest BCUT2D eigenvalue weighted by Gasteiger charge is -2.24. The zero-order valence-corrected chi connectivity index (χ0v) is 28.8. The van der Waals surface area contributed by atoms with E-state index in [9.17, 15) is 0 Å². The van der Waals surface area contributed by atoms with Gasteiger partial charge in [-0.3, -0.25) is 0 Å². The van der Waals surface area contributed by atoms with Gasteiger partial charge in [-0.1, -0.05) is 115 Å². The van der Waals surface area contributed by atoms with Gasteiger partial charge in [-0.2, -0.15) is 0 Å². The van der Waals surface area contributed by atoms with E-state index in [1.54, 1.807) is 0 Å². The molecule has 0 amide bonds. The lowest BCUT2D eigenvalue weighted by atomic mass is 9.96. The normalized spacial score (nSPS) is 11.6. The summed E-state index contributed by atoms with van der Waals surface area (Å²) in [6.45, 7) is 0. The minimum Gasteiger partial charge on any atom is -0.344 e. The third-order valence-electron chi connectivity index (χ3n) is 10.5. The van der Waals surface area contributed by atoms with E-state index >= 15 is 0 Å². The van der Waals surface area contributed by atoms with Crippen LogP contribution in [0.15, 0.2) is 194 Å². The maximum Gasteiger partial charge on any atom is 0.0542 e. The first-order valence-corrected chi connectivity index (χ1v) is 17.8. The highest BCUT2D eigenvalue weighted by Gasteiger charge is 2.18. The zero-order valence-electron chi connectivity index (χ0n) is 28.8. The monoisotopic (exact) mass is 665 g/mol. The molecule has 10 rings (SSSR count). The predicted molar refractivity (Wildman–Crippen MR) is 220 cm³/mol. The van der Waals surface area contributed by atoms with Crippen molar-refractivity contribution in [1.82, 2.24) is 9.13 Å². The molecule has 0 bridgehead atoms. The molecule has 3 heteroatoms. The van der Waals surface area contributed by atoms with Crippen molar-refractivity contribution in [2.75, 3.05) is 11.9 Å². The van der Waals surface area contributed by atoms with E-state index in [0.717, 1.165) is 11.4 Å². The minimum absolute atomic E-state index is 1.15. The number of hydrogen-bond acceptors (Lipinski definition) is 1. The summed E-state index contributed by atoms with van der Waals surface area (Å²) in [7, 11) is 2.15. The Morgan fingerprint density at radius 3 is 1.54 bits per heavy atom. The standard InChI is InChI=1S/C49H35N3/c1-50(37-17-7-3-8-18-37)45-28-25-35(31-42(45)34-15-5-2-6-16-34)36-26-29-48-43(32-36)40-21-11-14-24-47(40)52(48)39-27-30-49-44(33-39)41-22-12-13-23-46(41)51(49)38-19-9-4-10-20-38/h2-33H,1H3. The topological polar surface area (TPSA) is 13.1 Å². The van der Waals surface area contributed by atoms with Crippen LogP contribution in [0, 0.1) is 0 Å². The van der Waals surface area contributed by atoms with Gasteiger partial charge in [0.05, 0.1) is 22.1 Å². The second-order valence-electron chi connectivity index (χ2n) is 13.5. The van der Waals surface area contributed by atoms with Crippen LogP contribution in [0.25, 0.3) is 77.2 Å². The van der Waals surface area contributed by atoms with Crippen LogP contribution in [0.1, 0.15) is 0 Å². The van der Waals surface area contributed by atoms with Crippen LogP contribution in [0.4, 0.5) is 11.4 Å². The van der Waals surface area contributed by atoms with Crippen molar-refractivity contribution in [3.8, 4) is 33.6 Å². The SMILES string of the molecule is CN(c1ccccc1)c1ccc(-c2ccc3c(c2)c2ccccc2n3-c2ccc3c(c2)c2ccccc2n3-c2ccccc2)cc1-c1ccccc1. The number of para-hydroxylation sites is 4. The number of aromatic nitrogens is 2. The molecule has 0 spiro atoms. The molecule has 0 aliphatic heterocycles. The van der Waals surface area contributed by atoms with Crippen LogP contribution in [-0.4, -0.2) is 16.2 Å². The van der Waals surface area contributed by atoms with Gasteiger partial charge in [-0.25, -0.2) is 0 Å².